The Morgan fingerprint density at radius 1 is 1.10 bits per heavy atom. The Hall–Kier alpha value is -2.93. The molecule has 7 nitrogen and oxygen atoms in total. The smallest absolute Gasteiger partial charge is 0.224 e. The summed E-state index contributed by atoms with van der Waals surface area (Å²) < 4.78 is 5.98. The highest BCUT2D eigenvalue weighted by Gasteiger charge is 2.32. The minimum atomic E-state index is -0.112. The first-order chi connectivity index (χ1) is 15.0. The molecule has 1 saturated heterocycles. The van der Waals surface area contributed by atoms with Gasteiger partial charge in [-0.2, -0.15) is 0 Å². The summed E-state index contributed by atoms with van der Waals surface area (Å²) >= 11 is 0. The van der Waals surface area contributed by atoms with Crippen LogP contribution in [0, 0.1) is 18.8 Å². The quantitative estimate of drug-likeness (QED) is 0.603. The van der Waals surface area contributed by atoms with Crippen LogP contribution < -0.4 is 15.4 Å². The van der Waals surface area contributed by atoms with Gasteiger partial charge in [0, 0.05) is 51.3 Å². The average molecular weight is 425 g/mol. The molecule has 0 saturated carbocycles. The van der Waals surface area contributed by atoms with E-state index in [9.17, 15) is 9.59 Å². The number of rotatable bonds is 9. The molecule has 2 aromatic rings. The molecule has 166 valence electrons. The zero-order valence-electron chi connectivity index (χ0n) is 18.3. The fourth-order valence-electron chi connectivity index (χ4n) is 3.91. The monoisotopic (exact) mass is 424 g/mol. The fraction of sp³-hybridized carbons (Fsp3) is 0.458. The molecule has 1 aromatic heterocycles. The molecular formula is C24H32N4O3. The Bertz CT molecular complexity index is 842. The Morgan fingerprint density at radius 2 is 1.87 bits per heavy atom. The van der Waals surface area contributed by atoms with Crippen molar-refractivity contribution < 1.29 is 14.3 Å². The number of hydrogen-bond acceptors (Lipinski definition) is 5. The van der Waals surface area contributed by atoms with Crippen molar-refractivity contribution in [1.29, 1.82) is 0 Å². The minimum Gasteiger partial charge on any atom is -0.492 e. The van der Waals surface area contributed by atoms with Crippen LogP contribution in [-0.2, 0) is 16.1 Å². The van der Waals surface area contributed by atoms with E-state index in [1.807, 2.05) is 37.3 Å². The number of likely N-dealkylation sites (tertiary alicyclic amines) is 1. The number of benzene rings is 1. The van der Waals surface area contributed by atoms with Crippen molar-refractivity contribution >= 4 is 11.8 Å². The summed E-state index contributed by atoms with van der Waals surface area (Å²) in [4.78, 5) is 30.4. The number of piperidine rings is 1. The van der Waals surface area contributed by atoms with E-state index in [0.29, 0.717) is 26.2 Å². The maximum Gasteiger partial charge on any atom is 0.224 e. The standard InChI is InChI=1S/C24H32N4O3/c1-18-8-9-23(13-27-18)31-17-21-12-22(24(30)26-11-10-25-19(2)29)16-28(15-21)14-20-6-4-3-5-7-20/h3-9,13,21-22H,10-12,14-17H2,1-2H3,(H,25,29)(H,26,30)/t21-,22+/m0/s1. The topological polar surface area (TPSA) is 83.6 Å². The second-order valence-electron chi connectivity index (χ2n) is 8.20. The number of nitrogens with zero attached hydrogens (tertiary/aromatic N) is 2. The maximum atomic E-state index is 12.8. The van der Waals surface area contributed by atoms with Crippen LogP contribution in [0.2, 0.25) is 0 Å². The first-order valence-corrected chi connectivity index (χ1v) is 10.8. The average Bonchev–Trinajstić information content (AvgIpc) is 2.76. The summed E-state index contributed by atoms with van der Waals surface area (Å²) in [6.07, 6.45) is 2.52. The molecule has 2 atom stereocenters. The van der Waals surface area contributed by atoms with Crippen LogP contribution in [0.4, 0.5) is 0 Å². The SMILES string of the molecule is CC(=O)NCCNC(=O)[C@@H]1C[C@H](COc2ccc(C)nc2)CN(Cc2ccccc2)C1. The number of nitrogens with one attached hydrogen (secondary N) is 2. The maximum absolute atomic E-state index is 12.8. The predicted octanol–water partition coefficient (Wildman–Crippen LogP) is 2.16. The van der Waals surface area contributed by atoms with Gasteiger partial charge < -0.3 is 15.4 Å². The fourth-order valence-corrected chi connectivity index (χ4v) is 3.91. The van der Waals surface area contributed by atoms with E-state index in [0.717, 1.165) is 31.0 Å². The molecule has 1 aromatic carbocycles. The number of aryl methyl sites for hydroxylation is 1. The van der Waals surface area contributed by atoms with E-state index in [-0.39, 0.29) is 23.7 Å². The first kappa shape index (κ1) is 22.7. The van der Waals surface area contributed by atoms with Gasteiger partial charge in [0.25, 0.3) is 0 Å². The molecule has 0 spiro atoms. The third kappa shape index (κ3) is 7.68. The molecule has 0 aliphatic carbocycles. The summed E-state index contributed by atoms with van der Waals surface area (Å²) in [5, 5.41) is 5.67. The molecule has 0 unspecified atom stereocenters. The summed E-state index contributed by atoms with van der Waals surface area (Å²) in [6, 6.07) is 14.2. The number of carbonyl (C=O) groups is 2. The molecular weight excluding hydrogens is 392 g/mol. The number of amides is 2. The molecule has 7 heteroatoms. The highest BCUT2D eigenvalue weighted by atomic mass is 16.5. The van der Waals surface area contributed by atoms with Crippen molar-refractivity contribution in [3.05, 3.63) is 59.9 Å². The Labute approximate surface area is 184 Å². The van der Waals surface area contributed by atoms with Crippen LogP contribution in [0.1, 0.15) is 24.6 Å². The zero-order chi connectivity index (χ0) is 22.1. The Balaban J connectivity index is 1.59. The lowest BCUT2D eigenvalue weighted by molar-refractivity contribution is -0.128. The highest BCUT2D eigenvalue weighted by Crippen LogP contribution is 2.25. The van der Waals surface area contributed by atoms with Crippen LogP contribution in [-0.4, -0.2) is 54.5 Å². The van der Waals surface area contributed by atoms with Crippen molar-refractivity contribution in [3.8, 4) is 5.75 Å². The van der Waals surface area contributed by atoms with Crippen molar-refractivity contribution in [1.82, 2.24) is 20.5 Å². The molecule has 2 heterocycles. The van der Waals surface area contributed by atoms with Gasteiger partial charge in [0.1, 0.15) is 5.75 Å². The van der Waals surface area contributed by atoms with Crippen LogP contribution in [0.5, 0.6) is 5.75 Å². The summed E-state index contributed by atoms with van der Waals surface area (Å²) in [6.45, 7) is 7.23. The molecule has 3 rings (SSSR count). The van der Waals surface area contributed by atoms with Gasteiger partial charge in [0.2, 0.25) is 11.8 Å². The van der Waals surface area contributed by atoms with Gasteiger partial charge >= 0.3 is 0 Å². The Kier molecular flexibility index (Phi) is 8.41. The number of ether oxygens (including phenoxy) is 1. The van der Waals surface area contributed by atoms with E-state index in [4.69, 9.17) is 4.74 Å². The predicted molar refractivity (Wildman–Crippen MR) is 119 cm³/mol. The number of hydrogen-bond donors (Lipinski definition) is 2. The van der Waals surface area contributed by atoms with Crippen LogP contribution in [0.25, 0.3) is 0 Å². The molecule has 1 fully saturated rings. The zero-order valence-corrected chi connectivity index (χ0v) is 18.3. The van der Waals surface area contributed by atoms with Gasteiger partial charge in [-0.1, -0.05) is 30.3 Å². The lowest BCUT2D eigenvalue weighted by atomic mass is 9.88. The normalized spacial score (nSPS) is 18.9. The molecule has 1 aliphatic heterocycles. The van der Waals surface area contributed by atoms with E-state index in [1.165, 1.54) is 12.5 Å². The van der Waals surface area contributed by atoms with Crippen molar-refractivity contribution in [2.75, 3.05) is 32.8 Å². The lowest BCUT2D eigenvalue weighted by Crippen LogP contribution is -2.48. The number of carbonyl (C=O) groups excluding carboxylic acids is 2. The largest absolute Gasteiger partial charge is 0.492 e. The van der Waals surface area contributed by atoms with Crippen molar-refractivity contribution in [2.45, 2.75) is 26.8 Å². The van der Waals surface area contributed by atoms with Crippen LogP contribution in [0.15, 0.2) is 48.7 Å². The molecule has 1 aliphatic rings. The molecule has 31 heavy (non-hydrogen) atoms. The third-order valence-electron chi connectivity index (χ3n) is 5.40. The number of aromatic nitrogens is 1. The Morgan fingerprint density at radius 3 is 2.58 bits per heavy atom. The molecule has 0 radical (unpaired) electrons. The van der Waals surface area contributed by atoms with E-state index in [1.54, 1.807) is 6.20 Å². The highest BCUT2D eigenvalue weighted by molar-refractivity contribution is 5.79. The molecule has 2 N–H and O–H groups in total. The second-order valence-corrected chi connectivity index (χ2v) is 8.20. The minimum absolute atomic E-state index is 0.0325. The molecule has 2 amide bonds. The van der Waals surface area contributed by atoms with Gasteiger partial charge in [-0.05, 0) is 31.0 Å². The van der Waals surface area contributed by atoms with Gasteiger partial charge in [-0.25, -0.2) is 0 Å². The van der Waals surface area contributed by atoms with Gasteiger partial charge in [0.15, 0.2) is 0 Å². The van der Waals surface area contributed by atoms with E-state index >= 15 is 0 Å². The summed E-state index contributed by atoms with van der Waals surface area (Å²) in [5.41, 5.74) is 2.19. The van der Waals surface area contributed by atoms with E-state index in [2.05, 4.69) is 32.7 Å². The first-order valence-electron chi connectivity index (χ1n) is 10.8. The number of pyridine rings is 1. The van der Waals surface area contributed by atoms with Crippen LogP contribution in [0.3, 0.4) is 0 Å². The van der Waals surface area contributed by atoms with Gasteiger partial charge in [-0.15, -0.1) is 0 Å². The second kappa shape index (κ2) is 11.5. The molecule has 0 bridgehead atoms. The van der Waals surface area contributed by atoms with E-state index < -0.39 is 0 Å². The van der Waals surface area contributed by atoms with Crippen molar-refractivity contribution in [2.24, 2.45) is 11.8 Å². The summed E-state index contributed by atoms with van der Waals surface area (Å²) in [5.74, 6) is 0.820. The lowest BCUT2D eigenvalue weighted by Gasteiger charge is -2.37. The third-order valence-corrected chi connectivity index (χ3v) is 5.40. The van der Waals surface area contributed by atoms with Crippen molar-refractivity contribution in [3.63, 3.8) is 0 Å². The van der Waals surface area contributed by atoms with Gasteiger partial charge in [-0.3, -0.25) is 19.5 Å². The van der Waals surface area contributed by atoms with Gasteiger partial charge in [0.05, 0.1) is 18.7 Å². The van der Waals surface area contributed by atoms with Crippen LogP contribution >= 0.6 is 0 Å². The summed E-state index contributed by atoms with van der Waals surface area (Å²) in [7, 11) is 0.